The van der Waals surface area contributed by atoms with Crippen LogP contribution >= 0.6 is 0 Å². The van der Waals surface area contributed by atoms with Gasteiger partial charge in [0, 0.05) is 12.0 Å². The Labute approximate surface area is 151 Å². The van der Waals surface area contributed by atoms with E-state index in [-0.39, 0.29) is 18.0 Å². The van der Waals surface area contributed by atoms with E-state index in [1.54, 1.807) is 0 Å². The standard InChI is InChI=1S/C21H20F3NO/c1-15-8-9-18(16(2)13-15)10-11-20(26)25-12-4-6-17-5-3-7-19(14-17)21(22,23)24/h3,5,7-9,13-14H,10-12H2,1-2H3,(H,25,26). The summed E-state index contributed by atoms with van der Waals surface area (Å²) in [5, 5.41) is 2.66. The molecule has 0 spiro atoms. The lowest BCUT2D eigenvalue weighted by Crippen LogP contribution is -2.23. The minimum absolute atomic E-state index is 0.0992. The lowest BCUT2D eigenvalue weighted by molar-refractivity contribution is -0.137. The summed E-state index contributed by atoms with van der Waals surface area (Å²) < 4.78 is 37.9. The third kappa shape index (κ3) is 5.96. The van der Waals surface area contributed by atoms with Crippen molar-refractivity contribution in [3.63, 3.8) is 0 Å². The Balaban J connectivity index is 1.83. The van der Waals surface area contributed by atoms with Gasteiger partial charge in [-0.1, -0.05) is 41.7 Å². The van der Waals surface area contributed by atoms with E-state index >= 15 is 0 Å². The molecule has 26 heavy (non-hydrogen) atoms. The smallest absolute Gasteiger partial charge is 0.345 e. The van der Waals surface area contributed by atoms with E-state index in [2.05, 4.69) is 23.2 Å². The predicted octanol–water partition coefficient (Wildman–Crippen LogP) is 4.42. The topological polar surface area (TPSA) is 29.1 Å². The van der Waals surface area contributed by atoms with E-state index in [4.69, 9.17) is 0 Å². The second-order valence-corrected chi connectivity index (χ2v) is 6.09. The molecule has 1 amide bonds. The maximum Gasteiger partial charge on any atom is 0.416 e. The molecule has 2 aromatic rings. The van der Waals surface area contributed by atoms with Crippen LogP contribution in [0.4, 0.5) is 13.2 Å². The van der Waals surface area contributed by atoms with E-state index in [9.17, 15) is 18.0 Å². The summed E-state index contributed by atoms with van der Waals surface area (Å²) in [5.74, 6) is 5.18. The zero-order valence-corrected chi connectivity index (χ0v) is 14.7. The lowest BCUT2D eigenvalue weighted by Gasteiger charge is -2.07. The number of hydrogen-bond acceptors (Lipinski definition) is 1. The third-order valence-corrected chi connectivity index (χ3v) is 3.92. The fraction of sp³-hybridized carbons (Fsp3) is 0.286. The molecule has 0 aliphatic heterocycles. The molecular weight excluding hydrogens is 339 g/mol. The molecule has 0 radical (unpaired) electrons. The molecule has 0 aromatic heterocycles. The van der Waals surface area contributed by atoms with E-state index in [0.29, 0.717) is 12.8 Å². The molecule has 0 fully saturated rings. The summed E-state index contributed by atoms with van der Waals surface area (Å²) in [7, 11) is 0. The highest BCUT2D eigenvalue weighted by molar-refractivity contribution is 5.76. The van der Waals surface area contributed by atoms with Gasteiger partial charge in [0.25, 0.3) is 0 Å². The molecule has 0 aliphatic carbocycles. The second kappa shape index (κ2) is 8.57. The molecule has 0 atom stereocenters. The molecular formula is C21H20F3NO. The number of amides is 1. The van der Waals surface area contributed by atoms with Gasteiger partial charge in [0.2, 0.25) is 5.91 Å². The van der Waals surface area contributed by atoms with E-state index < -0.39 is 11.7 Å². The molecule has 2 rings (SSSR count). The fourth-order valence-electron chi connectivity index (χ4n) is 2.53. The quantitative estimate of drug-likeness (QED) is 0.805. The van der Waals surface area contributed by atoms with Crippen molar-refractivity contribution in [2.45, 2.75) is 32.9 Å². The largest absolute Gasteiger partial charge is 0.416 e. The predicted molar refractivity (Wildman–Crippen MR) is 95.6 cm³/mol. The number of aryl methyl sites for hydroxylation is 3. The Morgan fingerprint density at radius 2 is 1.88 bits per heavy atom. The number of carbonyl (C=O) groups is 1. The number of benzene rings is 2. The molecule has 1 N–H and O–H groups in total. The Morgan fingerprint density at radius 3 is 2.58 bits per heavy atom. The summed E-state index contributed by atoms with van der Waals surface area (Å²) in [5.41, 5.74) is 3.00. The lowest BCUT2D eigenvalue weighted by atomic mass is 10.0. The third-order valence-electron chi connectivity index (χ3n) is 3.92. The van der Waals surface area contributed by atoms with E-state index in [0.717, 1.165) is 23.3 Å². The van der Waals surface area contributed by atoms with Gasteiger partial charge >= 0.3 is 6.18 Å². The summed E-state index contributed by atoms with van der Waals surface area (Å²) in [6.45, 7) is 4.13. The van der Waals surface area contributed by atoms with Crippen LogP contribution in [0.25, 0.3) is 0 Å². The number of alkyl halides is 3. The monoisotopic (exact) mass is 359 g/mol. The molecule has 0 aliphatic rings. The number of hydrogen-bond donors (Lipinski definition) is 1. The average molecular weight is 359 g/mol. The first-order chi connectivity index (χ1) is 12.3. The molecule has 0 saturated heterocycles. The van der Waals surface area contributed by atoms with E-state index in [1.807, 2.05) is 26.0 Å². The maximum absolute atomic E-state index is 12.6. The van der Waals surface area contributed by atoms with Crippen LogP contribution in [0.1, 0.15) is 34.2 Å². The molecule has 0 unspecified atom stereocenters. The molecule has 2 nitrogen and oxygen atoms in total. The van der Waals surface area contributed by atoms with Gasteiger partial charge in [0.1, 0.15) is 0 Å². The van der Waals surface area contributed by atoms with Gasteiger partial charge in [-0.3, -0.25) is 4.79 Å². The van der Waals surface area contributed by atoms with Gasteiger partial charge in [0.15, 0.2) is 0 Å². The van der Waals surface area contributed by atoms with Crippen molar-refractivity contribution < 1.29 is 18.0 Å². The summed E-state index contributed by atoms with van der Waals surface area (Å²) >= 11 is 0. The van der Waals surface area contributed by atoms with Gasteiger partial charge in [-0.2, -0.15) is 13.2 Å². The number of carbonyl (C=O) groups excluding carboxylic acids is 1. The zero-order valence-electron chi connectivity index (χ0n) is 14.7. The van der Waals surface area contributed by atoms with Gasteiger partial charge in [-0.25, -0.2) is 0 Å². The first-order valence-electron chi connectivity index (χ1n) is 8.24. The average Bonchev–Trinajstić information content (AvgIpc) is 2.57. The minimum Gasteiger partial charge on any atom is -0.345 e. The molecule has 0 heterocycles. The van der Waals surface area contributed by atoms with Gasteiger partial charge in [0.05, 0.1) is 12.1 Å². The Hall–Kier alpha value is -2.74. The van der Waals surface area contributed by atoms with Gasteiger partial charge in [-0.05, 0) is 49.6 Å². The van der Waals surface area contributed by atoms with Gasteiger partial charge < -0.3 is 5.32 Å². The van der Waals surface area contributed by atoms with Gasteiger partial charge in [-0.15, -0.1) is 0 Å². The van der Waals surface area contributed by atoms with Crippen LogP contribution < -0.4 is 5.32 Å². The normalized spacial score (nSPS) is 10.8. The highest BCUT2D eigenvalue weighted by atomic mass is 19.4. The Bertz CT molecular complexity index is 844. The van der Waals surface area contributed by atoms with E-state index in [1.165, 1.54) is 17.7 Å². The fourth-order valence-corrected chi connectivity index (χ4v) is 2.53. The molecule has 0 bridgehead atoms. The first kappa shape index (κ1) is 19.6. The van der Waals surface area contributed by atoms with Crippen LogP contribution in [0.15, 0.2) is 42.5 Å². The maximum atomic E-state index is 12.6. The molecule has 2 aromatic carbocycles. The molecule has 0 saturated carbocycles. The van der Waals surface area contributed by atoms with Crippen LogP contribution in [-0.4, -0.2) is 12.5 Å². The van der Waals surface area contributed by atoms with Crippen molar-refractivity contribution in [1.29, 1.82) is 0 Å². The Morgan fingerprint density at radius 1 is 1.12 bits per heavy atom. The van der Waals surface area contributed by atoms with Crippen molar-refractivity contribution in [2.24, 2.45) is 0 Å². The van der Waals surface area contributed by atoms with Crippen molar-refractivity contribution in [2.75, 3.05) is 6.54 Å². The minimum atomic E-state index is -4.39. The Kier molecular flexibility index (Phi) is 6.46. The van der Waals surface area contributed by atoms with Crippen molar-refractivity contribution >= 4 is 5.91 Å². The summed E-state index contributed by atoms with van der Waals surface area (Å²) in [6, 6.07) is 10.9. The van der Waals surface area contributed by atoms with Crippen molar-refractivity contribution in [3.05, 3.63) is 70.3 Å². The summed E-state index contributed by atoms with van der Waals surface area (Å²) in [6.07, 6.45) is -3.41. The number of rotatable bonds is 4. The van der Waals surface area contributed by atoms with Crippen molar-refractivity contribution in [3.8, 4) is 11.8 Å². The molecule has 136 valence electrons. The van der Waals surface area contributed by atoms with Crippen LogP contribution in [-0.2, 0) is 17.4 Å². The number of nitrogens with one attached hydrogen (secondary N) is 1. The first-order valence-corrected chi connectivity index (χ1v) is 8.24. The number of halogens is 3. The highest BCUT2D eigenvalue weighted by Crippen LogP contribution is 2.29. The SMILES string of the molecule is Cc1ccc(CCC(=O)NCC#Cc2cccc(C(F)(F)F)c2)c(C)c1. The second-order valence-electron chi connectivity index (χ2n) is 6.09. The van der Waals surface area contributed by atoms with Crippen LogP contribution in [0, 0.1) is 25.7 Å². The van der Waals surface area contributed by atoms with Crippen LogP contribution in [0.5, 0.6) is 0 Å². The zero-order chi connectivity index (χ0) is 19.2. The summed E-state index contributed by atoms with van der Waals surface area (Å²) in [4.78, 5) is 11.9. The highest BCUT2D eigenvalue weighted by Gasteiger charge is 2.30. The van der Waals surface area contributed by atoms with Crippen LogP contribution in [0.2, 0.25) is 0 Å². The molecule has 5 heteroatoms. The van der Waals surface area contributed by atoms with Crippen LogP contribution in [0.3, 0.4) is 0 Å². The van der Waals surface area contributed by atoms with Crippen molar-refractivity contribution in [1.82, 2.24) is 5.32 Å².